The van der Waals surface area contributed by atoms with Crippen molar-refractivity contribution in [1.29, 1.82) is 0 Å². The first-order valence-corrected chi connectivity index (χ1v) is 9.36. The van der Waals surface area contributed by atoms with Crippen molar-refractivity contribution in [2.24, 2.45) is 0 Å². The predicted octanol–water partition coefficient (Wildman–Crippen LogP) is 4.34. The van der Waals surface area contributed by atoms with E-state index in [1.807, 2.05) is 38.1 Å². The van der Waals surface area contributed by atoms with Gasteiger partial charge in [0.2, 0.25) is 0 Å². The Hall–Kier alpha value is -2.80. The van der Waals surface area contributed by atoms with Gasteiger partial charge in [-0.2, -0.15) is 0 Å². The first-order valence-electron chi connectivity index (χ1n) is 8.38. The van der Waals surface area contributed by atoms with Gasteiger partial charge in [-0.3, -0.25) is 0 Å². The summed E-state index contributed by atoms with van der Waals surface area (Å²) in [6, 6.07) is 10.9. The molecule has 0 radical (unpaired) electrons. The van der Waals surface area contributed by atoms with E-state index in [1.54, 1.807) is 25.4 Å². The summed E-state index contributed by atoms with van der Waals surface area (Å²) in [7, 11) is 1.60. The van der Waals surface area contributed by atoms with Crippen LogP contribution in [-0.2, 0) is 17.1 Å². The van der Waals surface area contributed by atoms with Crippen molar-refractivity contribution < 1.29 is 18.8 Å². The van der Waals surface area contributed by atoms with Crippen molar-refractivity contribution >= 4 is 17.7 Å². The van der Waals surface area contributed by atoms with E-state index in [9.17, 15) is 4.79 Å². The zero-order valence-electron chi connectivity index (χ0n) is 15.4. The number of rotatable bonds is 7. The Morgan fingerprint density at radius 3 is 2.81 bits per heavy atom. The van der Waals surface area contributed by atoms with Crippen molar-refractivity contribution in [1.82, 2.24) is 10.1 Å². The zero-order valence-corrected chi connectivity index (χ0v) is 16.2. The van der Waals surface area contributed by atoms with Gasteiger partial charge in [-0.1, -0.05) is 17.3 Å². The minimum absolute atomic E-state index is 0.166. The van der Waals surface area contributed by atoms with E-state index >= 15 is 0 Å². The van der Waals surface area contributed by atoms with Crippen LogP contribution >= 0.6 is 11.8 Å². The van der Waals surface area contributed by atoms with E-state index in [0.29, 0.717) is 16.3 Å². The van der Waals surface area contributed by atoms with E-state index in [1.165, 1.54) is 11.8 Å². The number of esters is 1. The third-order valence-corrected chi connectivity index (χ3v) is 5.06. The van der Waals surface area contributed by atoms with E-state index in [2.05, 4.69) is 10.1 Å². The molecule has 0 saturated carbocycles. The SMILES string of the molecule is COc1cccc(COC(=O)c2cccnc2SCc2c(C)noc2C)c1. The molecule has 0 atom stereocenters. The Balaban J connectivity index is 1.68. The highest BCUT2D eigenvalue weighted by molar-refractivity contribution is 7.98. The second-order valence-electron chi connectivity index (χ2n) is 5.88. The Bertz CT molecular complexity index is 920. The summed E-state index contributed by atoms with van der Waals surface area (Å²) >= 11 is 1.46. The van der Waals surface area contributed by atoms with Crippen LogP contribution in [0.2, 0.25) is 0 Å². The molecule has 0 bridgehead atoms. The lowest BCUT2D eigenvalue weighted by Crippen LogP contribution is -2.07. The third kappa shape index (κ3) is 4.68. The van der Waals surface area contributed by atoms with Crippen LogP contribution < -0.4 is 4.74 Å². The number of carbonyl (C=O) groups is 1. The molecule has 0 spiro atoms. The van der Waals surface area contributed by atoms with Crippen LogP contribution in [-0.4, -0.2) is 23.2 Å². The summed E-state index contributed by atoms with van der Waals surface area (Å²) in [6.07, 6.45) is 1.66. The van der Waals surface area contributed by atoms with Crippen molar-refractivity contribution in [3.05, 3.63) is 70.7 Å². The fourth-order valence-corrected chi connectivity index (χ4v) is 3.63. The zero-order chi connectivity index (χ0) is 19.2. The molecule has 0 unspecified atom stereocenters. The highest BCUT2D eigenvalue weighted by Crippen LogP contribution is 2.27. The summed E-state index contributed by atoms with van der Waals surface area (Å²) < 4.78 is 15.8. The number of carbonyl (C=O) groups excluding carboxylic acids is 1. The predicted molar refractivity (Wildman–Crippen MR) is 102 cm³/mol. The minimum Gasteiger partial charge on any atom is -0.497 e. The van der Waals surface area contributed by atoms with Gasteiger partial charge in [0.05, 0.1) is 18.4 Å². The van der Waals surface area contributed by atoms with E-state index in [4.69, 9.17) is 14.0 Å². The summed E-state index contributed by atoms with van der Waals surface area (Å²) in [4.78, 5) is 16.9. The molecule has 7 heteroatoms. The fourth-order valence-electron chi connectivity index (χ4n) is 2.50. The molecule has 3 aromatic rings. The van der Waals surface area contributed by atoms with Gasteiger partial charge in [-0.15, -0.1) is 11.8 Å². The molecule has 1 aromatic carbocycles. The van der Waals surface area contributed by atoms with Gasteiger partial charge in [0.25, 0.3) is 0 Å². The quantitative estimate of drug-likeness (QED) is 0.443. The molecule has 27 heavy (non-hydrogen) atoms. The van der Waals surface area contributed by atoms with Gasteiger partial charge in [-0.25, -0.2) is 9.78 Å². The normalized spacial score (nSPS) is 10.6. The van der Waals surface area contributed by atoms with Crippen LogP contribution in [0.5, 0.6) is 5.75 Å². The summed E-state index contributed by atoms with van der Waals surface area (Å²) in [5, 5.41) is 4.57. The molecule has 2 heterocycles. The average molecular weight is 384 g/mol. The van der Waals surface area contributed by atoms with Gasteiger partial charge in [0.1, 0.15) is 23.1 Å². The minimum atomic E-state index is -0.410. The molecule has 3 rings (SSSR count). The lowest BCUT2D eigenvalue weighted by Gasteiger charge is -2.09. The number of nitrogens with zero attached hydrogens (tertiary/aromatic N) is 2. The molecule has 0 aliphatic rings. The Morgan fingerprint density at radius 1 is 1.22 bits per heavy atom. The van der Waals surface area contributed by atoms with E-state index in [0.717, 1.165) is 28.3 Å². The topological polar surface area (TPSA) is 74.5 Å². The number of hydrogen-bond donors (Lipinski definition) is 0. The molecular weight excluding hydrogens is 364 g/mol. The highest BCUT2D eigenvalue weighted by Gasteiger charge is 2.16. The molecule has 0 aliphatic heterocycles. The van der Waals surface area contributed by atoms with Crippen molar-refractivity contribution in [2.45, 2.75) is 31.2 Å². The number of aromatic nitrogens is 2. The largest absolute Gasteiger partial charge is 0.497 e. The molecule has 0 N–H and O–H groups in total. The maximum Gasteiger partial charge on any atom is 0.341 e. The Morgan fingerprint density at radius 2 is 2.07 bits per heavy atom. The molecule has 0 saturated heterocycles. The standard InChI is InChI=1S/C20H20N2O4S/c1-13-18(14(2)26-22-13)12-27-19-17(8-5-9-21-19)20(23)25-11-15-6-4-7-16(10-15)24-3/h4-10H,11-12H2,1-3H3. The molecule has 0 aliphatic carbocycles. The lowest BCUT2D eigenvalue weighted by atomic mass is 10.2. The maximum atomic E-state index is 12.6. The van der Waals surface area contributed by atoms with Gasteiger partial charge in [-0.05, 0) is 43.7 Å². The number of thioether (sulfide) groups is 1. The summed E-state index contributed by atoms with van der Waals surface area (Å²) in [6.45, 7) is 3.94. The van der Waals surface area contributed by atoms with Gasteiger partial charge >= 0.3 is 5.97 Å². The van der Waals surface area contributed by atoms with Gasteiger partial charge in [0, 0.05) is 17.5 Å². The third-order valence-electron chi connectivity index (χ3n) is 4.03. The first-order chi connectivity index (χ1) is 13.1. The molecular formula is C20H20N2O4S. The molecule has 6 nitrogen and oxygen atoms in total. The first kappa shape index (κ1) is 19.0. The molecule has 0 fully saturated rings. The van der Waals surface area contributed by atoms with Crippen LogP contribution in [0.1, 0.15) is 32.9 Å². The Labute approximate surface area is 161 Å². The van der Waals surface area contributed by atoms with Crippen molar-refractivity contribution in [3.63, 3.8) is 0 Å². The number of benzene rings is 1. The second-order valence-corrected chi connectivity index (χ2v) is 6.84. The van der Waals surface area contributed by atoms with Gasteiger partial charge in [0.15, 0.2) is 0 Å². The molecule has 140 valence electrons. The van der Waals surface area contributed by atoms with Gasteiger partial charge < -0.3 is 14.0 Å². The smallest absolute Gasteiger partial charge is 0.341 e. The average Bonchev–Trinajstić information content (AvgIpc) is 3.02. The molecule has 0 amide bonds. The van der Waals surface area contributed by atoms with E-state index < -0.39 is 5.97 Å². The van der Waals surface area contributed by atoms with Crippen molar-refractivity contribution in [2.75, 3.05) is 7.11 Å². The highest BCUT2D eigenvalue weighted by atomic mass is 32.2. The maximum absolute atomic E-state index is 12.6. The van der Waals surface area contributed by atoms with Crippen molar-refractivity contribution in [3.8, 4) is 5.75 Å². The number of hydrogen-bond acceptors (Lipinski definition) is 7. The number of pyridine rings is 1. The fraction of sp³-hybridized carbons (Fsp3) is 0.250. The summed E-state index contributed by atoms with van der Waals surface area (Å²) in [5.41, 5.74) is 3.16. The lowest BCUT2D eigenvalue weighted by molar-refractivity contribution is 0.0467. The van der Waals surface area contributed by atoms with Crippen LogP contribution in [0.25, 0.3) is 0 Å². The second kappa shape index (κ2) is 8.73. The number of ether oxygens (including phenoxy) is 2. The van der Waals surface area contributed by atoms with Crippen LogP contribution in [0.15, 0.2) is 52.1 Å². The van der Waals surface area contributed by atoms with Crippen LogP contribution in [0.4, 0.5) is 0 Å². The van der Waals surface area contributed by atoms with Crippen LogP contribution in [0.3, 0.4) is 0 Å². The monoisotopic (exact) mass is 384 g/mol. The summed E-state index contributed by atoms with van der Waals surface area (Å²) in [5.74, 6) is 1.71. The van der Waals surface area contributed by atoms with E-state index in [-0.39, 0.29) is 6.61 Å². The molecule has 2 aromatic heterocycles. The Kier molecular flexibility index (Phi) is 6.13. The number of methoxy groups -OCH3 is 1. The number of aryl methyl sites for hydroxylation is 2. The van der Waals surface area contributed by atoms with Crippen LogP contribution in [0, 0.1) is 13.8 Å².